The average Bonchev–Trinajstić information content (AvgIpc) is 2.84. The molecule has 0 N–H and O–H groups in total. The van der Waals surface area contributed by atoms with Crippen molar-refractivity contribution < 1.29 is 19.2 Å². The molecule has 7 nitrogen and oxygen atoms in total. The summed E-state index contributed by atoms with van der Waals surface area (Å²) >= 11 is 5.88. The van der Waals surface area contributed by atoms with Gasteiger partial charge in [-0.1, -0.05) is 28.8 Å². The second kappa shape index (κ2) is 7.57. The van der Waals surface area contributed by atoms with E-state index in [9.17, 15) is 19.2 Å². The first-order valence-electron chi connectivity index (χ1n) is 9.32. The van der Waals surface area contributed by atoms with E-state index < -0.39 is 29.3 Å². The molecule has 2 aromatic carbocycles. The number of anilines is 1. The van der Waals surface area contributed by atoms with E-state index in [2.05, 4.69) is 0 Å². The molecule has 156 valence electrons. The molecule has 1 fully saturated rings. The Balaban J connectivity index is 2.07. The first kappa shape index (κ1) is 21.5. The quantitative estimate of drug-likeness (QED) is 0.545. The van der Waals surface area contributed by atoms with Gasteiger partial charge in [0.15, 0.2) is 0 Å². The lowest BCUT2D eigenvalue weighted by molar-refractivity contribution is -0.148. The molecule has 5 amide bonds. The van der Waals surface area contributed by atoms with Gasteiger partial charge in [0.1, 0.15) is 0 Å². The number of carbonyl (C=O) groups is 4. The predicted octanol–water partition coefficient (Wildman–Crippen LogP) is 4.11. The first-order chi connectivity index (χ1) is 13.9. The van der Waals surface area contributed by atoms with Crippen molar-refractivity contribution >= 4 is 41.0 Å². The van der Waals surface area contributed by atoms with E-state index in [1.165, 1.54) is 24.3 Å². The van der Waals surface area contributed by atoms with Crippen molar-refractivity contribution in [1.82, 2.24) is 10.0 Å². The second-order valence-electron chi connectivity index (χ2n) is 8.18. The average molecular weight is 428 g/mol. The number of carbonyl (C=O) groups excluding carboxylic acids is 4. The van der Waals surface area contributed by atoms with Gasteiger partial charge >= 0.3 is 17.8 Å². The van der Waals surface area contributed by atoms with Gasteiger partial charge in [0.05, 0.1) is 11.2 Å². The van der Waals surface area contributed by atoms with Crippen LogP contribution in [0.1, 0.15) is 42.3 Å². The molecule has 0 aromatic heterocycles. The highest BCUT2D eigenvalue weighted by atomic mass is 35.5. The van der Waals surface area contributed by atoms with Crippen molar-refractivity contribution in [2.45, 2.75) is 40.2 Å². The molecular weight excluding hydrogens is 406 g/mol. The summed E-state index contributed by atoms with van der Waals surface area (Å²) in [5, 5.41) is 2.08. The predicted molar refractivity (Wildman–Crippen MR) is 113 cm³/mol. The van der Waals surface area contributed by atoms with Gasteiger partial charge in [-0.25, -0.2) is 14.7 Å². The largest absolute Gasteiger partial charge is 0.358 e. The molecule has 0 bridgehead atoms. The van der Waals surface area contributed by atoms with Gasteiger partial charge in [0.25, 0.3) is 5.91 Å². The van der Waals surface area contributed by atoms with E-state index in [0.29, 0.717) is 15.6 Å². The van der Waals surface area contributed by atoms with Crippen LogP contribution in [0, 0.1) is 13.8 Å². The summed E-state index contributed by atoms with van der Waals surface area (Å²) < 4.78 is 0. The highest BCUT2D eigenvalue weighted by Crippen LogP contribution is 2.29. The zero-order chi connectivity index (χ0) is 22.4. The molecule has 0 spiro atoms. The van der Waals surface area contributed by atoms with Crippen molar-refractivity contribution in [1.29, 1.82) is 0 Å². The molecule has 1 aliphatic heterocycles. The maximum absolute atomic E-state index is 13.4. The van der Waals surface area contributed by atoms with E-state index in [0.717, 1.165) is 21.0 Å². The molecule has 0 unspecified atom stereocenters. The number of hydrazine groups is 1. The molecule has 0 aliphatic carbocycles. The third-order valence-corrected chi connectivity index (χ3v) is 4.78. The lowest BCUT2D eigenvalue weighted by atomic mass is 10.0. The molecular formula is C22H22ClN3O4. The summed E-state index contributed by atoms with van der Waals surface area (Å²) in [6.45, 7) is 8.75. The lowest BCUT2D eigenvalue weighted by Gasteiger charge is -2.39. The standard InChI is InChI=1S/C22H22ClN3O4/c1-13-10-14(2)12-15(11-13)18(27)26(22(3,4)5)25-20(29)19(28)24(21(25)30)17-8-6-16(23)7-9-17/h6-12H,1-5H3. The van der Waals surface area contributed by atoms with Crippen molar-refractivity contribution in [3.8, 4) is 0 Å². The summed E-state index contributed by atoms with van der Waals surface area (Å²) in [6.07, 6.45) is 0. The van der Waals surface area contributed by atoms with Crippen LogP contribution in [0.4, 0.5) is 10.5 Å². The van der Waals surface area contributed by atoms with Gasteiger partial charge < -0.3 is 0 Å². The van der Waals surface area contributed by atoms with E-state index in [1.807, 2.05) is 19.9 Å². The Kier molecular flexibility index (Phi) is 5.43. The second-order valence-corrected chi connectivity index (χ2v) is 8.62. The number of nitrogens with zero attached hydrogens (tertiary/aromatic N) is 3. The maximum Gasteiger partial charge on any atom is 0.358 e. The van der Waals surface area contributed by atoms with Crippen LogP contribution in [-0.4, -0.2) is 39.3 Å². The summed E-state index contributed by atoms with van der Waals surface area (Å²) in [4.78, 5) is 52.8. The van der Waals surface area contributed by atoms with Gasteiger partial charge in [-0.05, 0) is 71.0 Å². The van der Waals surface area contributed by atoms with Crippen LogP contribution in [0.25, 0.3) is 0 Å². The molecule has 1 heterocycles. The number of imide groups is 2. The van der Waals surface area contributed by atoms with Gasteiger partial charge in [0.2, 0.25) is 0 Å². The smallest absolute Gasteiger partial charge is 0.267 e. The number of amides is 5. The summed E-state index contributed by atoms with van der Waals surface area (Å²) in [6, 6.07) is 10.3. The molecule has 0 radical (unpaired) electrons. The zero-order valence-electron chi connectivity index (χ0n) is 17.4. The summed E-state index contributed by atoms with van der Waals surface area (Å²) in [5.74, 6) is -2.69. The van der Waals surface area contributed by atoms with Crippen LogP contribution < -0.4 is 4.90 Å². The third-order valence-electron chi connectivity index (χ3n) is 4.53. The Hall–Kier alpha value is -3.19. The summed E-state index contributed by atoms with van der Waals surface area (Å²) in [7, 11) is 0. The normalized spacial score (nSPS) is 14.5. The highest BCUT2D eigenvalue weighted by molar-refractivity contribution is 6.52. The van der Waals surface area contributed by atoms with Gasteiger partial charge in [0, 0.05) is 10.6 Å². The fourth-order valence-electron chi connectivity index (χ4n) is 3.36. The SMILES string of the molecule is Cc1cc(C)cc(C(=O)N(N2C(=O)C(=O)N(c3ccc(Cl)cc3)C2=O)C(C)(C)C)c1. The van der Waals surface area contributed by atoms with Gasteiger partial charge in [-0.15, -0.1) is 0 Å². The van der Waals surface area contributed by atoms with E-state index >= 15 is 0 Å². The number of rotatable bonds is 3. The van der Waals surface area contributed by atoms with Crippen molar-refractivity contribution in [2.24, 2.45) is 0 Å². The van der Waals surface area contributed by atoms with Crippen LogP contribution in [0.3, 0.4) is 0 Å². The molecule has 30 heavy (non-hydrogen) atoms. The number of hydrogen-bond acceptors (Lipinski definition) is 4. The number of urea groups is 1. The van der Waals surface area contributed by atoms with Crippen molar-refractivity contribution in [2.75, 3.05) is 4.90 Å². The van der Waals surface area contributed by atoms with E-state index in [4.69, 9.17) is 11.6 Å². The van der Waals surface area contributed by atoms with Crippen LogP contribution >= 0.6 is 11.6 Å². The van der Waals surface area contributed by atoms with Gasteiger partial charge in [-0.3, -0.25) is 14.4 Å². The maximum atomic E-state index is 13.4. The Morgan fingerprint density at radius 2 is 1.43 bits per heavy atom. The summed E-state index contributed by atoms with van der Waals surface area (Å²) in [5.41, 5.74) is 1.28. The molecule has 8 heteroatoms. The molecule has 1 saturated heterocycles. The molecule has 1 aliphatic rings. The molecule has 2 aromatic rings. The fraction of sp³-hybridized carbons (Fsp3) is 0.273. The van der Waals surface area contributed by atoms with Crippen LogP contribution in [0.15, 0.2) is 42.5 Å². The van der Waals surface area contributed by atoms with E-state index in [-0.39, 0.29) is 5.69 Å². The van der Waals surface area contributed by atoms with Crippen LogP contribution in [0.5, 0.6) is 0 Å². The first-order valence-corrected chi connectivity index (χ1v) is 9.70. The van der Waals surface area contributed by atoms with E-state index in [1.54, 1.807) is 32.9 Å². The Bertz CT molecular complexity index is 1040. The number of benzene rings is 2. The number of halogens is 1. The van der Waals surface area contributed by atoms with Crippen molar-refractivity contribution in [3.63, 3.8) is 0 Å². The molecule has 0 saturated carbocycles. The van der Waals surface area contributed by atoms with Crippen molar-refractivity contribution in [3.05, 3.63) is 64.2 Å². The minimum Gasteiger partial charge on any atom is -0.267 e. The third kappa shape index (κ3) is 3.80. The monoisotopic (exact) mass is 427 g/mol. The zero-order valence-corrected chi connectivity index (χ0v) is 18.1. The minimum atomic E-state index is -1.09. The number of aryl methyl sites for hydroxylation is 2. The topological polar surface area (TPSA) is 78.0 Å². The van der Waals surface area contributed by atoms with Crippen LogP contribution in [0.2, 0.25) is 5.02 Å². The Labute approximate surface area is 179 Å². The lowest BCUT2D eigenvalue weighted by Crippen LogP contribution is -2.58. The highest BCUT2D eigenvalue weighted by Gasteiger charge is 2.52. The van der Waals surface area contributed by atoms with Crippen LogP contribution in [-0.2, 0) is 9.59 Å². The molecule has 3 rings (SSSR count). The Morgan fingerprint density at radius 3 is 1.93 bits per heavy atom. The van der Waals surface area contributed by atoms with Gasteiger partial charge in [-0.2, -0.15) is 5.01 Å². The fourth-order valence-corrected chi connectivity index (χ4v) is 3.49. The number of hydrogen-bond donors (Lipinski definition) is 0. The minimum absolute atomic E-state index is 0.193. The molecule has 0 atom stereocenters. The Morgan fingerprint density at radius 1 is 0.900 bits per heavy atom.